The molecule has 5 rings (SSSR count). The number of hydrogen-bond acceptors (Lipinski definition) is 4. The Morgan fingerprint density at radius 1 is 1.06 bits per heavy atom. The number of hydrogen-bond donors (Lipinski definition) is 2. The Labute approximate surface area is 179 Å². The average molecular weight is 411 g/mol. The number of ketones is 1. The molecule has 4 aromatic rings. The Balaban J connectivity index is 1.43. The normalized spacial score (nSPS) is 17.8. The molecule has 2 aromatic heterocycles. The number of anilines is 1. The van der Waals surface area contributed by atoms with Crippen molar-refractivity contribution in [3.05, 3.63) is 95.9 Å². The minimum absolute atomic E-state index is 0.321. The molecule has 0 bridgehead atoms. The van der Waals surface area contributed by atoms with Crippen LogP contribution >= 0.6 is 0 Å². The second-order valence-electron chi connectivity index (χ2n) is 7.79. The second kappa shape index (κ2) is 7.49. The lowest BCUT2D eigenvalue weighted by atomic mass is 9.88. The number of H-pyrrole nitrogens is 1. The first-order valence-electron chi connectivity index (χ1n) is 10.2. The molecule has 154 valence electrons. The lowest BCUT2D eigenvalue weighted by Crippen LogP contribution is -2.42. The number of pyridine rings is 1. The third-order valence-electron chi connectivity index (χ3n) is 5.92. The molecule has 0 unspecified atom stereocenters. The number of nitrogens with zero attached hydrogens (tertiary/aromatic N) is 2. The molecule has 0 saturated heterocycles. The highest BCUT2D eigenvalue weighted by molar-refractivity contribution is 6.10. The highest BCUT2D eigenvalue weighted by atomic mass is 16.3. The van der Waals surface area contributed by atoms with Gasteiger partial charge in [-0.25, -0.2) is 0 Å². The van der Waals surface area contributed by atoms with E-state index in [2.05, 4.69) is 9.97 Å². The third-order valence-corrected chi connectivity index (χ3v) is 5.92. The van der Waals surface area contributed by atoms with Gasteiger partial charge in [-0.1, -0.05) is 36.4 Å². The van der Waals surface area contributed by atoms with E-state index < -0.39 is 11.5 Å². The zero-order chi connectivity index (χ0) is 21.4. The summed E-state index contributed by atoms with van der Waals surface area (Å²) in [6.07, 6.45) is 5.28. The summed E-state index contributed by atoms with van der Waals surface area (Å²) >= 11 is 0. The van der Waals surface area contributed by atoms with Crippen LogP contribution in [0.15, 0.2) is 79.3 Å². The molecule has 31 heavy (non-hydrogen) atoms. The molecule has 3 heterocycles. The zero-order valence-corrected chi connectivity index (χ0v) is 16.8. The SMILES string of the molecule is O=C(C[C@]1(O)C(=O)N(CCc2c[nH]c3ccccc23)c2ccccc21)c1cccnc1. The van der Waals surface area contributed by atoms with E-state index in [0.29, 0.717) is 29.8 Å². The molecule has 2 aromatic carbocycles. The maximum atomic E-state index is 13.4. The third kappa shape index (κ3) is 3.21. The van der Waals surface area contributed by atoms with Crippen molar-refractivity contribution in [3.63, 3.8) is 0 Å². The molecule has 1 atom stereocenters. The predicted octanol–water partition coefficient (Wildman–Crippen LogP) is 3.61. The van der Waals surface area contributed by atoms with Crippen molar-refractivity contribution in [1.29, 1.82) is 0 Å². The Morgan fingerprint density at radius 3 is 2.71 bits per heavy atom. The van der Waals surface area contributed by atoms with Crippen LogP contribution in [-0.4, -0.2) is 33.3 Å². The van der Waals surface area contributed by atoms with Crippen LogP contribution in [-0.2, 0) is 16.8 Å². The van der Waals surface area contributed by atoms with Crippen LogP contribution in [0.2, 0.25) is 0 Å². The summed E-state index contributed by atoms with van der Waals surface area (Å²) in [4.78, 5) is 35.0. The van der Waals surface area contributed by atoms with E-state index in [1.165, 1.54) is 6.20 Å². The smallest absolute Gasteiger partial charge is 0.264 e. The number of amides is 1. The van der Waals surface area contributed by atoms with E-state index in [0.717, 1.165) is 16.5 Å². The van der Waals surface area contributed by atoms with Crippen molar-refractivity contribution in [3.8, 4) is 0 Å². The Hall–Kier alpha value is -3.77. The lowest BCUT2D eigenvalue weighted by Gasteiger charge is -2.22. The van der Waals surface area contributed by atoms with Gasteiger partial charge >= 0.3 is 0 Å². The molecule has 6 heteroatoms. The maximum absolute atomic E-state index is 13.4. The number of aromatic amines is 1. The molecule has 0 saturated carbocycles. The van der Waals surface area contributed by atoms with E-state index in [9.17, 15) is 14.7 Å². The van der Waals surface area contributed by atoms with Crippen LogP contribution in [0.4, 0.5) is 5.69 Å². The number of para-hydroxylation sites is 2. The quantitative estimate of drug-likeness (QED) is 0.475. The Bertz CT molecular complexity index is 1280. The molecule has 0 fully saturated rings. The highest BCUT2D eigenvalue weighted by Crippen LogP contribution is 2.43. The van der Waals surface area contributed by atoms with Gasteiger partial charge in [0.05, 0.1) is 12.1 Å². The number of carbonyl (C=O) groups is 2. The molecule has 0 aliphatic carbocycles. The fraction of sp³-hybridized carbons (Fsp3) is 0.160. The van der Waals surface area contributed by atoms with Crippen LogP contribution in [0, 0.1) is 0 Å². The summed E-state index contributed by atoms with van der Waals surface area (Å²) in [6.45, 7) is 0.404. The van der Waals surface area contributed by atoms with Gasteiger partial charge < -0.3 is 15.0 Å². The molecule has 1 aliphatic rings. The summed E-state index contributed by atoms with van der Waals surface area (Å²) in [7, 11) is 0. The van der Waals surface area contributed by atoms with E-state index in [4.69, 9.17) is 0 Å². The first-order valence-corrected chi connectivity index (χ1v) is 10.2. The van der Waals surface area contributed by atoms with E-state index in [1.807, 2.05) is 42.6 Å². The number of benzene rings is 2. The van der Waals surface area contributed by atoms with E-state index in [1.54, 1.807) is 35.4 Å². The van der Waals surface area contributed by atoms with Crippen molar-refractivity contribution >= 4 is 28.3 Å². The lowest BCUT2D eigenvalue weighted by molar-refractivity contribution is -0.135. The topological polar surface area (TPSA) is 86.3 Å². The zero-order valence-electron chi connectivity index (χ0n) is 16.8. The number of aromatic nitrogens is 2. The monoisotopic (exact) mass is 411 g/mol. The van der Waals surface area contributed by atoms with E-state index in [-0.39, 0.29) is 12.2 Å². The number of nitrogens with one attached hydrogen (secondary N) is 1. The van der Waals surface area contributed by atoms with Gasteiger partial charge in [-0.05, 0) is 36.2 Å². The van der Waals surface area contributed by atoms with Crippen LogP contribution in [0.25, 0.3) is 10.9 Å². The molecule has 0 radical (unpaired) electrons. The van der Waals surface area contributed by atoms with Crippen LogP contribution in [0.1, 0.15) is 27.9 Å². The number of carbonyl (C=O) groups excluding carboxylic acids is 2. The summed E-state index contributed by atoms with van der Waals surface area (Å²) in [5.74, 6) is -0.789. The van der Waals surface area contributed by atoms with Gasteiger partial charge in [0.1, 0.15) is 0 Å². The fourth-order valence-corrected chi connectivity index (χ4v) is 4.33. The van der Waals surface area contributed by atoms with Crippen molar-refractivity contribution < 1.29 is 14.7 Å². The number of aliphatic hydroxyl groups is 1. The number of rotatable bonds is 6. The van der Waals surface area contributed by atoms with Crippen molar-refractivity contribution in [2.45, 2.75) is 18.4 Å². The molecular formula is C25H21N3O3. The second-order valence-corrected chi connectivity index (χ2v) is 7.79. The first kappa shape index (κ1) is 19.2. The van der Waals surface area contributed by atoms with Gasteiger partial charge in [-0.15, -0.1) is 0 Å². The molecule has 2 N–H and O–H groups in total. The van der Waals surface area contributed by atoms with Crippen molar-refractivity contribution in [2.24, 2.45) is 0 Å². The predicted molar refractivity (Wildman–Crippen MR) is 118 cm³/mol. The minimum atomic E-state index is -1.89. The molecule has 1 aliphatic heterocycles. The molecular weight excluding hydrogens is 390 g/mol. The minimum Gasteiger partial charge on any atom is -0.375 e. The van der Waals surface area contributed by atoms with Crippen LogP contribution in [0.5, 0.6) is 0 Å². The Kier molecular flexibility index (Phi) is 4.64. The first-order chi connectivity index (χ1) is 15.1. The van der Waals surface area contributed by atoms with Crippen LogP contribution in [0.3, 0.4) is 0 Å². The van der Waals surface area contributed by atoms with Gasteiger partial charge in [-0.3, -0.25) is 14.6 Å². The van der Waals surface area contributed by atoms with Gasteiger partial charge in [0.2, 0.25) is 0 Å². The van der Waals surface area contributed by atoms with Gasteiger partial charge in [0.25, 0.3) is 5.91 Å². The van der Waals surface area contributed by atoms with E-state index >= 15 is 0 Å². The molecule has 0 spiro atoms. The molecule has 1 amide bonds. The maximum Gasteiger partial charge on any atom is 0.264 e. The summed E-state index contributed by atoms with van der Waals surface area (Å²) in [6, 6.07) is 18.5. The molecule has 6 nitrogen and oxygen atoms in total. The summed E-state index contributed by atoms with van der Waals surface area (Å²) < 4.78 is 0. The summed E-state index contributed by atoms with van der Waals surface area (Å²) in [5, 5.41) is 12.5. The number of Topliss-reactive ketones (excluding diaryl/α,β-unsaturated/α-hetero) is 1. The van der Waals surface area contributed by atoms with Gasteiger partial charge in [-0.2, -0.15) is 0 Å². The largest absolute Gasteiger partial charge is 0.375 e. The van der Waals surface area contributed by atoms with Gasteiger partial charge in [0.15, 0.2) is 11.4 Å². The number of fused-ring (bicyclic) bond motifs is 2. The summed E-state index contributed by atoms with van der Waals surface area (Å²) in [5.41, 5.74) is 1.75. The van der Waals surface area contributed by atoms with Crippen LogP contribution < -0.4 is 4.90 Å². The fourth-order valence-electron chi connectivity index (χ4n) is 4.33. The Morgan fingerprint density at radius 2 is 1.87 bits per heavy atom. The standard InChI is InChI=1S/C25H21N3O3/c29-23(18-6-5-12-26-15-18)14-25(31)20-8-2-4-10-22(20)28(24(25)30)13-11-17-16-27-21-9-3-1-7-19(17)21/h1-10,12,15-16,27,31H,11,13-14H2/t25-/m1/s1. The van der Waals surface area contributed by atoms with Crippen molar-refractivity contribution in [1.82, 2.24) is 9.97 Å². The van der Waals surface area contributed by atoms with Crippen molar-refractivity contribution in [2.75, 3.05) is 11.4 Å². The average Bonchev–Trinajstić information content (AvgIpc) is 3.31. The highest BCUT2D eigenvalue weighted by Gasteiger charge is 2.50. The van der Waals surface area contributed by atoms with Gasteiger partial charge in [0, 0.05) is 47.2 Å².